The van der Waals surface area contributed by atoms with Gasteiger partial charge in [-0.25, -0.2) is 4.79 Å². The summed E-state index contributed by atoms with van der Waals surface area (Å²) in [6, 6.07) is 3.43. The summed E-state index contributed by atoms with van der Waals surface area (Å²) in [5, 5.41) is 0. The van der Waals surface area contributed by atoms with Gasteiger partial charge in [0.05, 0.1) is 14.2 Å². The Morgan fingerprint density at radius 1 is 1.33 bits per heavy atom. The number of methoxy groups -OCH3 is 2. The number of hydrogen-bond donors (Lipinski definition) is 0. The first kappa shape index (κ1) is 12.4. The van der Waals surface area contributed by atoms with Gasteiger partial charge in [0.2, 0.25) is 0 Å². The summed E-state index contributed by atoms with van der Waals surface area (Å²) in [6.45, 7) is 1.46. The second kappa shape index (κ2) is 4.68. The molecule has 0 aliphatic carbocycles. The van der Waals surface area contributed by atoms with E-state index in [0.29, 0.717) is 22.6 Å². The van der Waals surface area contributed by atoms with E-state index < -0.39 is 12.1 Å². The van der Waals surface area contributed by atoms with Gasteiger partial charge in [-0.3, -0.25) is 4.79 Å². The molecule has 18 heavy (non-hydrogen) atoms. The number of fused-ring (bicyclic) bond motifs is 1. The fraction of sp³-hybridized carbons (Fsp3) is 0.385. The van der Waals surface area contributed by atoms with Gasteiger partial charge >= 0.3 is 5.97 Å². The van der Waals surface area contributed by atoms with Crippen molar-refractivity contribution >= 4 is 11.8 Å². The average Bonchev–Trinajstić information content (AvgIpc) is 2.64. The Kier molecular flexibility index (Phi) is 3.23. The summed E-state index contributed by atoms with van der Waals surface area (Å²) in [5.41, 5.74) is 1.02. The molecule has 0 bridgehead atoms. The van der Waals surface area contributed by atoms with Gasteiger partial charge in [0, 0.05) is 12.0 Å². The number of esters is 1. The first-order valence-corrected chi connectivity index (χ1v) is 5.53. The molecule has 0 radical (unpaired) electrons. The predicted molar refractivity (Wildman–Crippen MR) is 63.0 cm³/mol. The van der Waals surface area contributed by atoms with E-state index in [1.165, 1.54) is 21.1 Å². The summed E-state index contributed by atoms with van der Waals surface area (Å²) in [4.78, 5) is 23.0. The number of hydrogen-bond acceptors (Lipinski definition) is 5. The highest BCUT2D eigenvalue weighted by Gasteiger charge is 2.36. The van der Waals surface area contributed by atoms with Crippen LogP contribution in [0.1, 0.15) is 35.4 Å². The Balaban J connectivity index is 2.50. The number of Topliss-reactive ketones (excluding diaryl/α,β-unsaturated/α-hetero) is 1. The molecule has 0 fully saturated rings. The highest BCUT2D eigenvalue weighted by Crippen LogP contribution is 2.42. The van der Waals surface area contributed by atoms with Crippen molar-refractivity contribution < 1.29 is 23.8 Å². The minimum absolute atomic E-state index is 0.0320. The van der Waals surface area contributed by atoms with Crippen molar-refractivity contribution in [1.82, 2.24) is 0 Å². The molecule has 1 unspecified atom stereocenters. The van der Waals surface area contributed by atoms with Crippen molar-refractivity contribution in [3.8, 4) is 11.5 Å². The van der Waals surface area contributed by atoms with Crippen molar-refractivity contribution in [3.63, 3.8) is 0 Å². The fourth-order valence-electron chi connectivity index (χ4n) is 2.09. The number of carbonyl (C=O) groups excluding carboxylic acids is 2. The molecule has 1 aromatic carbocycles. The summed E-state index contributed by atoms with van der Waals surface area (Å²) < 4.78 is 15.5. The Bertz CT molecular complexity index is 506. The number of rotatable bonds is 4. The van der Waals surface area contributed by atoms with Crippen LogP contribution >= 0.6 is 0 Å². The van der Waals surface area contributed by atoms with Crippen LogP contribution in [0.2, 0.25) is 0 Å². The van der Waals surface area contributed by atoms with E-state index in [1.54, 1.807) is 12.1 Å². The normalized spacial score (nSPS) is 17.1. The molecule has 1 aliphatic rings. The smallest absolute Gasteiger partial charge is 0.343 e. The maximum Gasteiger partial charge on any atom is 0.343 e. The standard InChI is InChI=1S/C13H14O5/c1-7(14)6-10-8-4-5-9(16-2)12(17-3)11(8)13(15)18-10/h4-5,10H,6H2,1-3H3. The van der Waals surface area contributed by atoms with E-state index in [2.05, 4.69) is 0 Å². The van der Waals surface area contributed by atoms with Crippen molar-refractivity contribution in [2.75, 3.05) is 14.2 Å². The quantitative estimate of drug-likeness (QED) is 0.764. The topological polar surface area (TPSA) is 61.8 Å². The van der Waals surface area contributed by atoms with Crippen molar-refractivity contribution in [3.05, 3.63) is 23.3 Å². The highest BCUT2D eigenvalue weighted by atomic mass is 16.6. The molecule has 5 nitrogen and oxygen atoms in total. The number of ketones is 1. The van der Waals surface area contributed by atoms with Crippen LogP contribution < -0.4 is 9.47 Å². The van der Waals surface area contributed by atoms with Crippen LogP contribution in [0.4, 0.5) is 0 Å². The molecule has 0 N–H and O–H groups in total. The van der Waals surface area contributed by atoms with Crippen LogP contribution in [0, 0.1) is 0 Å². The molecule has 1 atom stereocenters. The van der Waals surface area contributed by atoms with Crippen molar-refractivity contribution in [1.29, 1.82) is 0 Å². The summed E-state index contributed by atoms with van der Waals surface area (Å²) >= 11 is 0. The molecule has 96 valence electrons. The lowest BCUT2D eigenvalue weighted by Gasteiger charge is -2.11. The van der Waals surface area contributed by atoms with Gasteiger partial charge in [-0.2, -0.15) is 0 Å². The zero-order valence-corrected chi connectivity index (χ0v) is 10.5. The zero-order chi connectivity index (χ0) is 13.3. The van der Waals surface area contributed by atoms with Crippen LogP contribution in [-0.2, 0) is 9.53 Å². The van der Waals surface area contributed by atoms with E-state index in [0.717, 1.165) is 0 Å². The minimum atomic E-state index is -0.523. The van der Waals surface area contributed by atoms with Crippen LogP contribution in [0.25, 0.3) is 0 Å². The second-order valence-corrected chi connectivity index (χ2v) is 4.07. The molecule has 0 saturated carbocycles. The number of benzene rings is 1. The minimum Gasteiger partial charge on any atom is -0.493 e. The third-order valence-corrected chi connectivity index (χ3v) is 2.85. The Labute approximate surface area is 105 Å². The van der Waals surface area contributed by atoms with Gasteiger partial charge < -0.3 is 14.2 Å². The molecule has 0 spiro atoms. The van der Waals surface area contributed by atoms with E-state index in [4.69, 9.17) is 14.2 Å². The van der Waals surface area contributed by atoms with Crippen LogP contribution in [0.15, 0.2) is 12.1 Å². The van der Waals surface area contributed by atoms with Crippen molar-refractivity contribution in [2.45, 2.75) is 19.4 Å². The number of cyclic esters (lactones) is 1. The fourth-order valence-corrected chi connectivity index (χ4v) is 2.09. The predicted octanol–water partition coefficient (Wildman–Crippen LogP) is 1.89. The summed E-state index contributed by atoms with van der Waals surface area (Å²) in [6.07, 6.45) is -0.349. The zero-order valence-electron chi connectivity index (χ0n) is 10.5. The third kappa shape index (κ3) is 1.92. The van der Waals surface area contributed by atoms with Gasteiger partial charge in [-0.1, -0.05) is 6.07 Å². The first-order chi connectivity index (χ1) is 8.58. The molecule has 1 heterocycles. The van der Waals surface area contributed by atoms with Crippen LogP contribution in [-0.4, -0.2) is 26.0 Å². The molecule has 0 aromatic heterocycles. The molecule has 5 heteroatoms. The third-order valence-electron chi connectivity index (χ3n) is 2.85. The van der Waals surface area contributed by atoms with Gasteiger partial charge in [0.15, 0.2) is 11.5 Å². The second-order valence-electron chi connectivity index (χ2n) is 4.07. The molecule has 0 amide bonds. The summed E-state index contributed by atoms with van der Waals surface area (Å²) in [5.74, 6) is 0.310. The van der Waals surface area contributed by atoms with Crippen molar-refractivity contribution in [2.24, 2.45) is 0 Å². The molecular formula is C13H14O5. The molecule has 1 aliphatic heterocycles. The summed E-state index contributed by atoms with van der Waals surface area (Å²) in [7, 11) is 2.96. The first-order valence-electron chi connectivity index (χ1n) is 5.53. The van der Waals surface area contributed by atoms with Crippen LogP contribution in [0.3, 0.4) is 0 Å². The maximum atomic E-state index is 11.8. The van der Waals surface area contributed by atoms with Crippen LogP contribution in [0.5, 0.6) is 11.5 Å². The number of ether oxygens (including phenoxy) is 3. The Hall–Kier alpha value is -2.04. The lowest BCUT2D eigenvalue weighted by atomic mass is 10.0. The highest BCUT2D eigenvalue weighted by molar-refractivity contribution is 5.98. The van der Waals surface area contributed by atoms with E-state index in [-0.39, 0.29) is 12.2 Å². The van der Waals surface area contributed by atoms with E-state index in [9.17, 15) is 9.59 Å². The van der Waals surface area contributed by atoms with Gasteiger partial charge in [0.1, 0.15) is 17.5 Å². The Morgan fingerprint density at radius 2 is 2.06 bits per heavy atom. The average molecular weight is 250 g/mol. The lowest BCUT2D eigenvalue weighted by Crippen LogP contribution is -2.03. The molecular weight excluding hydrogens is 236 g/mol. The monoisotopic (exact) mass is 250 g/mol. The van der Waals surface area contributed by atoms with Gasteiger partial charge in [0.25, 0.3) is 0 Å². The van der Waals surface area contributed by atoms with Gasteiger partial charge in [-0.05, 0) is 13.0 Å². The molecule has 0 saturated heterocycles. The maximum absolute atomic E-state index is 11.8. The Morgan fingerprint density at radius 3 is 2.61 bits per heavy atom. The van der Waals surface area contributed by atoms with E-state index in [1.807, 2.05) is 0 Å². The molecule has 1 aromatic rings. The molecule has 2 rings (SSSR count). The SMILES string of the molecule is COc1ccc2c(c1OC)C(=O)OC2CC(C)=O. The van der Waals surface area contributed by atoms with E-state index >= 15 is 0 Å². The number of carbonyl (C=O) groups is 2. The van der Waals surface area contributed by atoms with Gasteiger partial charge in [-0.15, -0.1) is 0 Å². The largest absolute Gasteiger partial charge is 0.493 e. The lowest BCUT2D eigenvalue weighted by molar-refractivity contribution is -0.118.